The molecule has 0 bridgehead atoms. The highest BCUT2D eigenvalue weighted by Crippen LogP contribution is 2.34. The van der Waals surface area contributed by atoms with E-state index in [2.05, 4.69) is 74.0 Å². The van der Waals surface area contributed by atoms with Gasteiger partial charge in [0.2, 0.25) is 0 Å². The number of pyridine rings is 1. The molecule has 3 nitrogen and oxygen atoms in total. The lowest BCUT2D eigenvalue weighted by Crippen LogP contribution is -1.97. The highest BCUT2D eigenvalue weighted by atomic mass is 15.3. The van der Waals surface area contributed by atoms with Gasteiger partial charge in [-0.1, -0.05) is 42.0 Å². The third kappa shape index (κ3) is 2.59. The molecule has 0 saturated heterocycles. The Morgan fingerprint density at radius 3 is 2.36 bits per heavy atom. The zero-order valence-corrected chi connectivity index (χ0v) is 16.3. The Kier molecular flexibility index (Phi) is 3.76. The van der Waals surface area contributed by atoms with Crippen LogP contribution in [-0.2, 0) is 0 Å². The summed E-state index contributed by atoms with van der Waals surface area (Å²) in [6.45, 7) is 6.40. The van der Waals surface area contributed by atoms with Crippen LogP contribution in [-0.4, -0.2) is 14.8 Å². The molecule has 2 heterocycles. The molecule has 0 saturated carbocycles. The van der Waals surface area contributed by atoms with Crippen molar-refractivity contribution in [1.82, 2.24) is 14.8 Å². The predicted molar refractivity (Wildman–Crippen MR) is 116 cm³/mol. The van der Waals surface area contributed by atoms with Crippen molar-refractivity contribution in [3.8, 4) is 16.9 Å². The molecule has 28 heavy (non-hydrogen) atoms. The molecule has 0 N–H and O–H groups in total. The van der Waals surface area contributed by atoms with Gasteiger partial charge in [0.1, 0.15) is 5.69 Å². The first-order chi connectivity index (χ1) is 13.6. The second-order valence-electron chi connectivity index (χ2n) is 7.44. The Balaban J connectivity index is 1.91. The lowest BCUT2D eigenvalue weighted by molar-refractivity contribution is 0.917. The van der Waals surface area contributed by atoms with Crippen LogP contribution >= 0.6 is 0 Å². The topological polar surface area (TPSA) is 30.7 Å². The van der Waals surface area contributed by atoms with E-state index in [0.29, 0.717) is 0 Å². The lowest BCUT2D eigenvalue weighted by Gasteiger charge is -2.06. The number of aromatic nitrogens is 3. The van der Waals surface area contributed by atoms with E-state index in [4.69, 9.17) is 10.1 Å². The van der Waals surface area contributed by atoms with E-state index in [0.717, 1.165) is 38.8 Å². The molecule has 0 aliphatic rings. The van der Waals surface area contributed by atoms with Crippen LogP contribution in [0.1, 0.15) is 16.7 Å². The molecule has 0 aliphatic heterocycles. The van der Waals surface area contributed by atoms with E-state index in [-0.39, 0.29) is 0 Å². The highest BCUT2D eigenvalue weighted by Gasteiger charge is 2.17. The SMILES string of the molecule is Cc1ccc2ncc3c(-c4ccc(C)c(C)c4)nn(-c4ccccc4)c3c2c1. The van der Waals surface area contributed by atoms with Crippen LogP contribution in [0, 0.1) is 20.8 Å². The molecule has 0 aliphatic carbocycles. The minimum absolute atomic E-state index is 0.970. The number of rotatable bonds is 2. The molecule has 0 fully saturated rings. The maximum atomic E-state index is 5.06. The summed E-state index contributed by atoms with van der Waals surface area (Å²) in [6, 6.07) is 23.2. The van der Waals surface area contributed by atoms with Gasteiger partial charge < -0.3 is 0 Å². The van der Waals surface area contributed by atoms with Gasteiger partial charge in [-0.25, -0.2) is 4.68 Å². The largest absolute Gasteiger partial charge is 0.255 e. The van der Waals surface area contributed by atoms with Crippen molar-refractivity contribution in [2.24, 2.45) is 0 Å². The molecular formula is C25H21N3. The maximum Gasteiger partial charge on any atom is 0.102 e. The minimum atomic E-state index is 0.970. The van der Waals surface area contributed by atoms with Crippen molar-refractivity contribution in [3.05, 3.63) is 89.6 Å². The van der Waals surface area contributed by atoms with E-state index >= 15 is 0 Å². The first-order valence-corrected chi connectivity index (χ1v) is 9.53. The minimum Gasteiger partial charge on any atom is -0.255 e. The number of hydrogen-bond donors (Lipinski definition) is 0. The molecule has 5 aromatic rings. The van der Waals surface area contributed by atoms with Gasteiger partial charge in [-0.2, -0.15) is 5.10 Å². The number of para-hydroxylation sites is 1. The highest BCUT2D eigenvalue weighted by molar-refractivity contribution is 6.09. The van der Waals surface area contributed by atoms with E-state index in [1.54, 1.807) is 0 Å². The maximum absolute atomic E-state index is 5.06. The van der Waals surface area contributed by atoms with Crippen molar-refractivity contribution in [3.63, 3.8) is 0 Å². The van der Waals surface area contributed by atoms with Crippen LogP contribution in [0.15, 0.2) is 72.9 Å². The average Bonchev–Trinajstić information content (AvgIpc) is 3.11. The molecule has 0 unspecified atom stereocenters. The molecule has 2 aromatic heterocycles. The quantitative estimate of drug-likeness (QED) is 0.376. The van der Waals surface area contributed by atoms with Crippen molar-refractivity contribution < 1.29 is 0 Å². The number of nitrogens with zero attached hydrogens (tertiary/aromatic N) is 3. The van der Waals surface area contributed by atoms with Gasteiger partial charge in [0.15, 0.2) is 0 Å². The monoisotopic (exact) mass is 363 g/mol. The number of benzene rings is 3. The van der Waals surface area contributed by atoms with E-state index in [1.807, 2.05) is 24.4 Å². The van der Waals surface area contributed by atoms with Crippen LogP contribution < -0.4 is 0 Å². The van der Waals surface area contributed by atoms with E-state index in [1.165, 1.54) is 16.7 Å². The Morgan fingerprint density at radius 2 is 1.57 bits per heavy atom. The second-order valence-corrected chi connectivity index (χ2v) is 7.44. The van der Waals surface area contributed by atoms with Gasteiger partial charge in [-0.3, -0.25) is 4.98 Å². The van der Waals surface area contributed by atoms with Gasteiger partial charge in [-0.15, -0.1) is 0 Å². The third-order valence-electron chi connectivity index (χ3n) is 5.44. The van der Waals surface area contributed by atoms with Crippen molar-refractivity contribution >= 4 is 21.8 Å². The molecular weight excluding hydrogens is 342 g/mol. The summed E-state index contributed by atoms with van der Waals surface area (Å²) in [5.74, 6) is 0. The Hall–Kier alpha value is -3.46. The number of fused-ring (bicyclic) bond motifs is 3. The molecule has 0 spiro atoms. The van der Waals surface area contributed by atoms with Crippen LogP contribution in [0.5, 0.6) is 0 Å². The standard InChI is InChI=1S/C25H21N3/c1-16-9-12-23-21(13-16)25-22(15-26-23)24(19-11-10-17(2)18(3)14-19)27-28(25)20-7-5-4-6-8-20/h4-15H,1-3H3. The second kappa shape index (κ2) is 6.31. The summed E-state index contributed by atoms with van der Waals surface area (Å²) < 4.78 is 2.06. The third-order valence-corrected chi connectivity index (χ3v) is 5.44. The van der Waals surface area contributed by atoms with Gasteiger partial charge in [0.25, 0.3) is 0 Å². The zero-order chi connectivity index (χ0) is 19.3. The normalized spacial score (nSPS) is 11.4. The molecule has 3 heteroatoms. The molecule has 3 aromatic carbocycles. The summed E-state index contributed by atoms with van der Waals surface area (Å²) in [4.78, 5) is 4.73. The summed E-state index contributed by atoms with van der Waals surface area (Å²) >= 11 is 0. The zero-order valence-electron chi connectivity index (χ0n) is 16.3. The van der Waals surface area contributed by atoms with E-state index < -0.39 is 0 Å². The number of aryl methyl sites for hydroxylation is 3. The average molecular weight is 363 g/mol. The fourth-order valence-corrected chi connectivity index (χ4v) is 3.76. The van der Waals surface area contributed by atoms with Crippen LogP contribution in [0.4, 0.5) is 0 Å². The lowest BCUT2D eigenvalue weighted by atomic mass is 10.0. The van der Waals surface area contributed by atoms with Crippen LogP contribution in [0.3, 0.4) is 0 Å². The molecule has 136 valence electrons. The molecule has 5 rings (SSSR count). The van der Waals surface area contributed by atoms with Crippen LogP contribution in [0.2, 0.25) is 0 Å². The summed E-state index contributed by atoms with van der Waals surface area (Å²) in [5, 5.41) is 7.26. The summed E-state index contributed by atoms with van der Waals surface area (Å²) in [7, 11) is 0. The summed E-state index contributed by atoms with van der Waals surface area (Å²) in [6.07, 6.45) is 1.96. The van der Waals surface area contributed by atoms with Gasteiger partial charge in [0.05, 0.1) is 16.7 Å². The van der Waals surface area contributed by atoms with E-state index in [9.17, 15) is 0 Å². The van der Waals surface area contributed by atoms with Gasteiger partial charge in [0, 0.05) is 22.5 Å². The predicted octanol–water partition coefficient (Wildman–Crippen LogP) is 6.17. The van der Waals surface area contributed by atoms with Crippen molar-refractivity contribution in [1.29, 1.82) is 0 Å². The Morgan fingerprint density at radius 1 is 0.750 bits per heavy atom. The molecule has 0 amide bonds. The van der Waals surface area contributed by atoms with Crippen molar-refractivity contribution in [2.45, 2.75) is 20.8 Å². The first kappa shape index (κ1) is 16.7. The Labute approximate surface area is 164 Å². The molecule has 0 radical (unpaired) electrons. The number of hydrogen-bond acceptors (Lipinski definition) is 2. The van der Waals surface area contributed by atoms with Gasteiger partial charge >= 0.3 is 0 Å². The smallest absolute Gasteiger partial charge is 0.102 e. The fourth-order valence-electron chi connectivity index (χ4n) is 3.76. The first-order valence-electron chi connectivity index (χ1n) is 9.53. The van der Waals surface area contributed by atoms with Crippen LogP contribution in [0.25, 0.3) is 38.8 Å². The summed E-state index contributed by atoms with van der Waals surface area (Å²) in [5.41, 5.74) is 9.01. The van der Waals surface area contributed by atoms with Crippen molar-refractivity contribution in [2.75, 3.05) is 0 Å². The molecule has 0 atom stereocenters. The fraction of sp³-hybridized carbons (Fsp3) is 0.120. The van der Waals surface area contributed by atoms with Gasteiger partial charge in [-0.05, 0) is 62.2 Å². The Bertz CT molecular complexity index is 1330.